The molecule has 0 saturated carbocycles. The van der Waals surface area contributed by atoms with Crippen molar-refractivity contribution in [2.45, 2.75) is 22.6 Å². The van der Waals surface area contributed by atoms with Crippen LogP contribution in [0.1, 0.15) is 5.56 Å². The maximum atomic E-state index is 12.6. The highest BCUT2D eigenvalue weighted by Gasteiger charge is 2.35. The maximum Gasteiger partial charge on any atom is 0.236 e. The molecule has 1 aromatic carbocycles. The van der Waals surface area contributed by atoms with Crippen molar-refractivity contribution in [3.05, 3.63) is 29.8 Å². The molecule has 3 rings (SSSR count). The van der Waals surface area contributed by atoms with Crippen LogP contribution in [0.25, 0.3) is 0 Å². The number of morpholine rings is 1. The van der Waals surface area contributed by atoms with Crippen LogP contribution in [0, 0.1) is 0 Å². The van der Waals surface area contributed by atoms with Gasteiger partial charge in [-0.2, -0.15) is 0 Å². The summed E-state index contributed by atoms with van der Waals surface area (Å²) in [6.45, 7) is 1.55. The second kappa shape index (κ2) is 5.53. The smallest absolute Gasteiger partial charge is 0.236 e. The summed E-state index contributed by atoms with van der Waals surface area (Å²) in [7, 11) is 0. The number of hydrogen-bond acceptors (Lipinski definition) is 4. The predicted molar refractivity (Wildman–Crippen MR) is 73.2 cm³/mol. The molecule has 2 atom stereocenters. The fourth-order valence-corrected chi connectivity index (χ4v) is 3.87. The van der Waals surface area contributed by atoms with Crippen molar-refractivity contribution in [1.29, 1.82) is 0 Å². The van der Waals surface area contributed by atoms with Gasteiger partial charge in [0.1, 0.15) is 0 Å². The Morgan fingerprint density at radius 1 is 1.47 bits per heavy atom. The lowest BCUT2D eigenvalue weighted by molar-refractivity contribution is -0.140. The fourth-order valence-electron chi connectivity index (χ4n) is 2.60. The van der Waals surface area contributed by atoms with Gasteiger partial charge < -0.3 is 14.7 Å². The zero-order valence-electron chi connectivity index (χ0n) is 10.6. The van der Waals surface area contributed by atoms with E-state index in [-0.39, 0.29) is 23.8 Å². The van der Waals surface area contributed by atoms with Gasteiger partial charge in [0.05, 0.1) is 31.1 Å². The number of aliphatic hydroxyl groups is 1. The monoisotopic (exact) mass is 279 g/mol. The Bertz CT molecular complexity index is 455. The Hall–Kier alpha value is -1.04. The zero-order chi connectivity index (χ0) is 13.2. The summed E-state index contributed by atoms with van der Waals surface area (Å²) in [5.74, 6) is 0.128. The third-order valence-corrected chi connectivity index (χ3v) is 4.95. The number of carbonyl (C=O) groups is 1. The molecule has 0 aromatic heterocycles. The van der Waals surface area contributed by atoms with Gasteiger partial charge in [-0.3, -0.25) is 4.79 Å². The second-order valence-electron chi connectivity index (χ2n) is 4.86. The Morgan fingerprint density at radius 3 is 3.11 bits per heavy atom. The molecule has 0 radical (unpaired) electrons. The molecular formula is C14H17NO3S. The molecule has 1 aromatic rings. The topological polar surface area (TPSA) is 49.8 Å². The molecule has 0 aliphatic carbocycles. The molecule has 102 valence electrons. The van der Waals surface area contributed by atoms with Crippen molar-refractivity contribution < 1.29 is 14.6 Å². The number of fused-ring (bicyclic) bond motifs is 1. The van der Waals surface area contributed by atoms with Gasteiger partial charge in [0.2, 0.25) is 5.91 Å². The summed E-state index contributed by atoms with van der Waals surface area (Å²) < 4.78 is 5.32. The summed E-state index contributed by atoms with van der Waals surface area (Å²) in [6.07, 6.45) is 0.787. The molecule has 2 heterocycles. The molecule has 0 spiro atoms. The van der Waals surface area contributed by atoms with Crippen LogP contribution in [0.15, 0.2) is 29.2 Å². The molecule has 2 aliphatic heterocycles. The van der Waals surface area contributed by atoms with E-state index in [9.17, 15) is 9.90 Å². The molecule has 1 fully saturated rings. The Balaban J connectivity index is 1.72. The molecule has 1 N–H and O–H groups in total. The summed E-state index contributed by atoms with van der Waals surface area (Å²) in [5.41, 5.74) is 1.25. The molecule has 2 aliphatic rings. The maximum absolute atomic E-state index is 12.6. The number of nitrogens with zero attached hydrogens (tertiary/aromatic N) is 1. The van der Waals surface area contributed by atoms with Gasteiger partial charge in [0.15, 0.2) is 0 Å². The number of ether oxygens (including phenoxy) is 1. The molecular weight excluding hydrogens is 262 g/mol. The van der Waals surface area contributed by atoms with Crippen molar-refractivity contribution in [3.8, 4) is 0 Å². The largest absolute Gasteiger partial charge is 0.394 e. The summed E-state index contributed by atoms with van der Waals surface area (Å²) in [4.78, 5) is 15.6. The van der Waals surface area contributed by atoms with E-state index >= 15 is 0 Å². The summed E-state index contributed by atoms with van der Waals surface area (Å²) >= 11 is 1.64. The molecule has 4 nitrogen and oxygen atoms in total. The van der Waals surface area contributed by atoms with Crippen molar-refractivity contribution in [1.82, 2.24) is 4.90 Å². The lowest BCUT2D eigenvalue weighted by atomic mass is 10.1. The third kappa shape index (κ3) is 2.50. The van der Waals surface area contributed by atoms with Crippen LogP contribution in [0.2, 0.25) is 0 Å². The van der Waals surface area contributed by atoms with Crippen LogP contribution in [-0.2, 0) is 16.0 Å². The van der Waals surface area contributed by atoms with Crippen LogP contribution in [0.3, 0.4) is 0 Å². The van der Waals surface area contributed by atoms with E-state index in [0.717, 1.165) is 6.42 Å². The molecule has 1 saturated heterocycles. The van der Waals surface area contributed by atoms with Crippen molar-refractivity contribution in [2.75, 3.05) is 26.4 Å². The summed E-state index contributed by atoms with van der Waals surface area (Å²) in [5, 5.41) is 9.29. The predicted octanol–water partition coefficient (Wildman–Crippen LogP) is 0.923. The molecule has 5 heteroatoms. The zero-order valence-corrected chi connectivity index (χ0v) is 11.4. The number of hydrogen-bond donors (Lipinski definition) is 1. The highest BCUT2D eigenvalue weighted by Crippen LogP contribution is 2.37. The van der Waals surface area contributed by atoms with Crippen molar-refractivity contribution in [3.63, 3.8) is 0 Å². The minimum Gasteiger partial charge on any atom is -0.394 e. The first-order chi connectivity index (χ1) is 9.29. The van der Waals surface area contributed by atoms with E-state index in [1.807, 2.05) is 12.1 Å². The van der Waals surface area contributed by atoms with E-state index in [0.29, 0.717) is 19.8 Å². The Morgan fingerprint density at radius 2 is 2.32 bits per heavy atom. The first-order valence-electron chi connectivity index (χ1n) is 6.53. The molecule has 19 heavy (non-hydrogen) atoms. The van der Waals surface area contributed by atoms with Crippen LogP contribution >= 0.6 is 11.8 Å². The van der Waals surface area contributed by atoms with Gasteiger partial charge in [-0.1, -0.05) is 18.2 Å². The lowest BCUT2D eigenvalue weighted by Gasteiger charge is -2.35. The number of amides is 1. The molecule has 0 bridgehead atoms. The van der Waals surface area contributed by atoms with Crippen LogP contribution < -0.4 is 0 Å². The van der Waals surface area contributed by atoms with Gasteiger partial charge in [-0.05, 0) is 18.1 Å². The minimum absolute atomic E-state index is 0.0317. The van der Waals surface area contributed by atoms with Gasteiger partial charge in [0, 0.05) is 11.4 Å². The average Bonchev–Trinajstić information content (AvgIpc) is 2.90. The van der Waals surface area contributed by atoms with E-state index in [1.165, 1.54) is 10.5 Å². The summed E-state index contributed by atoms with van der Waals surface area (Å²) in [6, 6.07) is 7.97. The third-order valence-electron chi connectivity index (χ3n) is 3.64. The van der Waals surface area contributed by atoms with Crippen molar-refractivity contribution in [2.24, 2.45) is 0 Å². The van der Waals surface area contributed by atoms with E-state index in [4.69, 9.17) is 4.74 Å². The SMILES string of the molecule is O=C(C1Cc2ccccc2S1)N1CCOCC1CO. The number of benzene rings is 1. The highest BCUT2D eigenvalue weighted by atomic mass is 32.2. The normalized spacial score (nSPS) is 26.3. The molecule has 2 unspecified atom stereocenters. The first kappa shape index (κ1) is 13.0. The second-order valence-corrected chi connectivity index (χ2v) is 6.11. The van der Waals surface area contributed by atoms with E-state index < -0.39 is 0 Å². The quantitative estimate of drug-likeness (QED) is 0.875. The Kier molecular flexibility index (Phi) is 3.77. The Labute approximate surface area is 116 Å². The number of thioether (sulfide) groups is 1. The van der Waals surface area contributed by atoms with Gasteiger partial charge >= 0.3 is 0 Å². The number of rotatable bonds is 2. The van der Waals surface area contributed by atoms with Crippen LogP contribution in [-0.4, -0.2) is 53.6 Å². The van der Waals surface area contributed by atoms with Gasteiger partial charge in [-0.25, -0.2) is 0 Å². The van der Waals surface area contributed by atoms with Crippen LogP contribution in [0.5, 0.6) is 0 Å². The van der Waals surface area contributed by atoms with Gasteiger partial charge in [-0.15, -0.1) is 11.8 Å². The van der Waals surface area contributed by atoms with E-state index in [2.05, 4.69) is 12.1 Å². The standard InChI is InChI=1S/C14H17NO3S/c16-8-11-9-18-6-5-15(11)14(17)13-7-10-3-1-2-4-12(10)19-13/h1-4,11,13,16H,5-9H2. The number of carbonyl (C=O) groups excluding carboxylic acids is 1. The van der Waals surface area contributed by atoms with Crippen LogP contribution in [0.4, 0.5) is 0 Å². The lowest BCUT2D eigenvalue weighted by Crippen LogP contribution is -2.53. The van der Waals surface area contributed by atoms with Gasteiger partial charge in [0.25, 0.3) is 0 Å². The highest BCUT2D eigenvalue weighted by molar-refractivity contribution is 8.01. The average molecular weight is 279 g/mol. The van der Waals surface area contributed by atoms with Crippen molar-refractivity contribution >= 4 is 17.7 Å². The molecule has 1 amide bonds. The first-order valence-corrected chi connectivity index (χ1v) is 7.41. The fraction of sp³-hybridized carbons (Fsp3) is 0.500. The van der Waals surface area contributed by atoms with E-state index in [1.54, 1.807) is 16.7 Å². The number of aliphatic hydroxyl groups excluding tert-OH is 1. The minimum atomic E-state index is -0.189.